The summed E-state index contributed by atoms with van der Waals surface area (Å²) >= 11 is -3.99. The van der Waals surface area contributed by atoms with Crippen LogP contribution in [0.2, 0.25) is 48.0 Å². The van der Waals surface area contributed by atoms with Gasteiger partial charge in [-0.15, -0.1) is 24.8 Å². The van der Waals surface area contributed by atoms with Crippen LogP contribution in [0.5, 0.6) is 0 Å². The summed E-state index contributed by atoms with van der Waals surface area (Å²) < 4.78 is 5.59. The van der Waals surface area contributed by atoms with Crippen molar-refractivity contribution in [2.24, 2.45) is 11.8 Å². The van der Waals surface area contributed by atoms with Crippen molar-refractivity contribution in [2.45, 2.75) is 159 Å². The molecule has 2 atom stereocenters. The van der Waals surface area contributed by atoms with Crippen LogP contribution in [0.25, 0.3) is 34.4 Å². The van der Waals surface area contributed by atoms with E-state index >= 15 is 0 Å². The van der Waals surface area contributed by atoms with E-state index in [1.807, 2.05) is 11.1 Å². The molecule has 8 rings (SSSR count). The van der Waals surface area contributed by atoms with Crippen molar-refractivity contribution in [1.29, 1.82) is 0 Å². The van der Waals surface area contributed by atoms with E-state index in [1.165, 1.54) is 123 Å². The van der Waals surface area contributed by atoms with Gasteiger partial charge in [-0.05, 0) is 0 Å². The fourth-order valence-electron chi connectivity index (χ4n) is 13.1. The number of rotatable bonds is 12. The first-order chi connectivity index (χ1) is 28.6. The number of hydrogen-bond acceptors (Lipinski definition) is 0. The summed E-state index contributed by atoms with van der Waals surface area (Å²) in [5, 5.41) is 3.11. The molecule has 0 heterocycles. The van der Waals surface area contributed by atoms with Crippen LogP contribution in [0, 0.1) is 11.8 Å². The molecule has 4 aromatic carbocycles. The molecular weight excluding hydrogens is 919 g/mol. The van der Waals surface area contributed by atoms with E-state index in [9.17, 15) is 0 Å². The van der Waals surface area contributed by atoms with Crippen LogP contribution in [0.1, 0.15) is 133 Å². The molecule has 2 saturated carbocycles. The van der Waals surface area contributed by atoms with Crippen molar-refractivity contribution >= 4 is 70.4 Å². The molecule has 2 unspecified atom stereocenters. The molecule has 0 nitrogen and oxygen atoms in total. The minimum Gasteiger partial charge on any atom is -0.147 e. The van der Waals surface area contributed by atoms with E-state index in [2.05, 4.69) is 155 Å². The molecule has 4 aliphatic carbocycles. The summed E-state index contributed by atoms with van der Waals surface area (Å²) in [4.78, 5) is 0. The van der Waals surface area contributed by atoms with Crippen molar-refractivity contribution in [1.82, 2.24) is 0 Å². The first kappa shape index (κ1) is 49.9. The molecule has 6 heteroatoms. The minimum atomic E-state index is -3.99. The number of hydrogen-bond donors (Lipinski definition) is 0. The first-order valence-electron chi connectivity index (χ1n) is 24.6. The smallest absolute Gasteiger partial charge is 0.147 e. The molecule has 0 spiro atoms. The molecule has 0 saturated heterocycles. The first-order valence-corrected chi connectivity index (χ1v) is 44.5. The van der Waals surface area contributed by atoms with Gasteiger partial charge in [0.05, 0.1) is 0 Å². The summed E-state index contributed by atoms with van der Waals surface area (Å²) in [6, 6.07) is 34.8. The number of allylic oxidation sites excluding steroid dienone is 2. The van der Waals surface area contributed by atoms with Crippen molar-refractivity contribution in [2.75, 3.05) is 0 Å². The van der Waals surface area contributed by atoms with E-state index in [-0.39, 0.29) is 24.8 Å². The van der Waals surface area contributed by atoms with Crippen molar-refractivity contribution in [3.05, 3.63) is 118 Å². The van der Waals surface area contributed by atoms with Gasteiger partial charge in [-0.3, -0.25) is 0 Å². The Kier molecular flexibility index (Phi) is 16.2. The monoisotopic (exact) mass is 996 g/mol. The van der Waals surface area contributed by atoms with Crippen molar-refractivity contribution in [3.63, 3.8) is 0 Å². The van der Waals surface area contributed by atoms with E-state index in [0.29, 0.717) is 7.25 Å². The summed E-state index contributed by atoms with van der Waals surface area (Å²) in [7, 11) is -2.77. The van der Waals surface area contributed by atoms with E-state index in [1.54, 1.807) is 32.6 Å². The van der Waals surface area contributed by atoms with Gasteiger partial charge in [-0.25, -0.2) is 0 Å². The number of halogens is 2. The molecule has 62 heavy (non-hydrogen) atoms. The Morgan fingerprint density at radius 1 is 0.516 bits per heavy atom. The molecule has 334 valence electrons. The maximum Gasteiger partial charge on any atom is -0.147 e. The summed E-state index contributed by atoms with van der Waals surface area (Å²) in [5.74, 6) is 1.64. The molecule has 0 radical (unpaired) electrons. The maximum atomic E-state index is 3.01. The average molecular weight is 1000 g/mol. The van der Waals surface area contributed by atoms with Gasteiger partial charge < -0.3 is 0 Å². The second-order valence-corrected chi connectivity index (χ2v) is 61.5. The Morgan fingerprint density at radius 3 is 1.19 bits per heavy atom. The van der Waals surface area contributed by atoms with Gasteiger partial charge in [0, 0.05) is 0 Å². The van der Waals surface area contributed by atoms with E-state index < -0.39 is 33.5 Å². The predicted octanol–water partition coefficient (Wildman–Crippen LogP) is 16.4. The fourth-order valence-corrected chi connectivity index (χ4v) is 41.2. The van der Waals surface area contributed by atoms with Gasteiger partial charge >= 0.3 is 374 Å². The number of fused-ring (bicyclic) bond motifs is 2. The van der Waals surface area contributed by atoms with Crippen LogP contribution >= 0.6 is 24.8 Å². The van der Waals surface area contributed by atoms with E-state index in [4.69, 9.17) is 0 Å². The van der Waals surface area contributed by atoms with Gasteiger partial charge in [0.2, 0.25) is 0 Å². The number of benzene rings is 4. The van der Waals surface area contributed by atoms with Crippen molar-refractivity contribution in [3.8, 4) is 22.3 Å². The Bertz CT molecular complexity index is 2140. The zero-order valence-corrected chi connectivity index (χ0v) is 47.4. The Morgan fingerprint density at radius 2 is 0.871 bits per heavy atom. The molecule has 2 fully saturated rings. The molecule has 0 aromatic heterocycles. The van der Waals surface area contributed by atoms with Crippen LogP contribution in [0.4, 0.5) is 0 Å². The third-order valence-electron chi connectivity index (χ3n) is 16.1. The average Bonchev–Trinajstić information content (AvgIpc) is 3.52. The standard InChI is InChI=1S/2C26H33Si.C3H7.CH3.2ClH.H2Si.Zr/c2*1-27(2,3)24-15-13-22(14-16-24)25-12-8-11-23-18-21(19-26(23)25)17-20-9-6-4-5-7-10-20;1-3-2;;;;;/h2*8,11-16,18-20H,4-7,9-10,17H2,1-3H3;1,3H2,2H3;1H3;2*1H;1H2;. The zero-order chi connectivity index (χ0) is 42.3. The summed E-state index contributed by atoms with van der Waals surface area (Å²) in [6.07, 6.45) is 26.6. The summed E-state index contributed by atoms with van der Waals surface area (Å²) in [6.45, 7) is 20.1. The quantitative estimate of drug-likeness (QED) is 0.0980. The normalized spacial score (nSPS) is 20.2. The Hall–Kier alpha value is -1.53. The van der Waals surface area contributed by atoms with Crippen molar-refractivity contribution < 1.29 is 17.4 Å². The molecule has 0 amide bonds. The third-order valence-corrected chi connectivity index (χ3v) is 43.8. The van der Waals surface area contributed by atoms with Gasteiger partial charge in [0.25, 0.3) is 0 Å². The maximum absolute atomic E-state index is 3.99. The zero-order valence-electron chi connectivity index (χ0n) is 39.9. The van der Waals surface area contributed by atoms with Crippen LogP contribution in [0.3, 0.4) is 0 Å². The molecule has 0 bridgehead atoms. The summed E-state index contributed by atoms with van der Waals surface area (Å²) in [5.41, 5.74) is 16.0. The molecule has 4 aromatic rings. The van der Waals surface area contributed by atoms with Crippen LogP contribution in [-0.2, 0) is 17.4 Å². The second-order valence-electron chi connectivity index (χ2n) is 23.0. The second kappa shape index (κ2) is 20.1. The van der Waals surface area contributed by atoms with Gasteiger partial charge in [-0.1, -0.05) is 0 Å². The van der Waals surface area contributed by atoms with Crippen LogP contribution in [-0.4, -0.2) is 23.0 Å². The van der Waals surface area contributed by atoms with Crippen LogP contribution in [0.15, 0.2) is 96.1 Å². The Balaban J connectivity index is 0.00000321. The molecule has 4 aliphatic rings. The predicted molar refractivity (Wildman–Crippen MR) is 287 cm³/mol. The molecular formula is C56H80Cl2Si3Zr. The van der Waals surface area contributed by atoms with E-state index in [0.717, 1.165) is 11.8 Å². The minimum absolute atomic E-state index is 0. The van der Waals surface area contributed by atoms with Gasteiger partial charge in [0.15, 0.2) is 0 Å². The van der Waals surface area contributed by atoms with Crippen LogP contribution < -0.4 is 10.4 Å². The topological polar surface area (TPSA) is 0 Å². The van der Waals surface area contributed by atoms with Gasteiger partial charge in [-0.2, -0.15) is 0 Å². The SMILES string of the molecule is CC[CH2][Zr]([CH3])(=[SiH2])([CH]1C(CC2CCCCCC2)=Cc2c(-c3ccc([Si](C)(C)C)cc3)cccc21)[CH]1C(CC2CCCCCC2)=Cc2c(-c3ccc([Si](C)(C)C)cc3)cccc21.Cl.Cl. The molecule has 0 N–H and O–H groups in total. The van der Waals surface area contributed by atoms with Gasteiger partial charge in [0.1, 0.15) is 0 Å². The Labute approximate surface area is 395 Å². The fraction of sp³-hybridized carbons (Fsp3) is 0.500. The largest absolute Gasteiger partial charge is 0.147 e. The third kappa shape index (κ3) is 10.2. The molecule has 0 aliphatic heterocycles.